The lowest BCUT2D eigenvalue weighted by Crippen LogP contribution is -3.16. The Morgan fingerprint density at radius 1 is 1.00 bits per heavy atom. The third-order valence-corrected chi connectivity index (χ3v) is 8.75. The standard InChI is InChI=1S/C21H29N3O4S/c1-15-7-8-19(16(2)13-15)29(27,28)23-11-9-22(10-12-23)14-24-20(25)17-5-3-4-6-18(17)21(24)26/h7-8,13,17-18H,3-6,9-12,14H2,1-2H3/p+1/t17-,18+. The second kappa shape index (κ2) is 7.81. The minimum atomic E-state index is -3.53. The van der Waals surface area contributed by atoms with Gasteiger partial charge in [0.25, 0.3) is 0 Å². The summed E-state index contributed by atoms with van der Waals surface area (Å²) in [7, 11) is -3.53. The predicted molar refractivity (Wildman–Crippen MR) is 108 cm³/mol. The molecule has 29 heavy (non-hydrogen) atoms. The van der Waals surface area contributed by atoms with E-state index in [1.165, 1.54) is 9.21 Å². The number of hydrogen-bond acceptors (Lipinski definition) is 4. The van der Waals surface area contributed by atoms with E-state index in [4.69, 9.17) is 0 Å². The van der Waals surface area contributed by atoms with Crippen molar-refractivity contribution in [3.8, 4) is 0 Å². The lowest BCUT2D eigenvalue weighted by Gasteiger charge is -2.33. The summed E-state index contributed by atoms with van der Waals surface area (Å²) in [5, 5.41) is 0. The van der Waals surface area contributed by atoms with Crippen LogP contribution < -0.4 is 4.90 Å². The lowest BCUT2D eigenvalue weighted by atomic mass is 9.81. The van der Waals surface area contributed by atoms with E-state index in [0.717, 1.165) is 41.7 Å². The van der Waals surface area contributed by atoms with Gasteiger partial charge in [-0.05, 0) is 38.3 Å². The molecule has 1 aliphatic carbocycles. The zero-order valence-corrected chi connectivity index (χ0v) is 18.0. The third kappa shape index (κ3) is 3.73. The highest BCUT2D eigenvalue weighted by molar-refractivity contribution is 7.89. The van der Waals surface area contributed by atoms with Crippen LogP contribution in [0.5, 0.6) is 0 Å². The van der Waals surface area contributed by atoms with Crippen molar-refractivity contribution in [2.75, 3.05) is 32.8 Å². The molecule has 2 amide bonds. The molecule has 1 saturated carbocycles. The SMILES string of the molecule is Cc1ccc(S(=O)(=O)N2CC[NH+](CN3C(=O)[C@H]4CCCC[C@H]4C3=O)CC2)c(C)c1. The summed E-state index contributed by atoms with van der Waals surface area (Å²) in [6, 6.07) is 5.40. The lowest BCUT2D eigenvalue weighted by molar-refractivity contribution is -0.910. The molecule has 7 nitrogen and oxygen atoms in total. The largest absolute Gasteiger partial charge is 0.315 e. The maximum Gasteiger partial charge on any atom is 0.243 e. The van der Waals surface area contributed by atoms with Crippen molar-refractivity contribution in [1.29, 1.82) is 0 Å². The number of sulfonamides is 1. The monoisotopic (exact) mass is 420 g/mol. The van der Waals surface area contributed by atoms with Crippen LogP contribution in [0.4, 0.5) is 0 Å². The number of hydrogen-bond donors (Lipinski definition) is 1. The van der Waals surface area contributed by atoms with Gasteiger partial charge in [0, 0.05) is 0 Å². The van der Waals surface area contributed by atoms with Gasteiger partial charge in [-0.25, -0.2) is 13.3 Å². The Labute approximate surface area is 172 Å². The minimum Gasteiger partial charge on any atom is -0.315 e. The number of benzene rings is 1. The summed E-state index contributed by atoms with van der Waals surface area (Å²) in [6.45, 7) is 6.12. The zero-order chi connectivity index (χ0) is 20.8. The van der Waals surface area contributed by atoms with Crippen LogP contribution in [0, 0.1) is 25.7 Å². The van der Waals surface area contributed by atoms with Gasteiger partial charge in [0.1, 0.15) is 0 Å². The summed E-state index contributed by atoms with van der Waals surface area (Å²) >= 11 is 0. The Bertz CT molecular complexity index is 898. The van der Waals surface area contributed by atoms with Crippen molar-refractivity contribution in [3.05, 3.63) is 29.3 Å². The second-order valence-electron chi connectivity index (χ2n) is 8.68. The van der Waals surface area contributed by atoms with Crippen LogP contribution in [0.1, 0.15) is 36.8 Å². The molecule has 8 heteroatoms. The van der Waals surface area contributed by atoms with E-state index in [1.54, 1.807) is 6.07 Å². The van der Waals surface area contributed by atoms with E-state index < -0.39 is 10.0 Å². The highest BCUT2D eigenvalue weighted by Crippen LogP contribution is 2.37. The van der Waals surface area contributed by atoms with Crippen LogP contribution in [0.25, 0.3) is 0 Å². The average molecular weight is 421 g/mol. The van der Waals surface area contributed by atoms with E-state index in [2.05, 4.69) is 0 Å². The smallest absolute Gasteiger partial charge is 0.243 e. The summed E-state index contributed by atoms with van der Waals surface area (Å²) < 4.78 is 27.6. The number of likely N-dealkylation sites (tertiary alicyclic amines) is 1. The molecule has 2 atom stereocenters. The molecule has 3 aliphatic rings. The molecule has 2 aliphatic heterocycles. The molecular weight excluding hydrogens is 390 g/mol. The topological polar surface area (TPSA) is 79.2 Å². The van der Waals surface area contributed by atoms with Gasteiger partial charge in [-0.3, -0.25) is 9.59 Å². The highest BCUT2D eigenvalue weighted by atomic mass is 32.2. The summed E-state index contributed by atoms with van der Waals surface area (Å²) in [5.74, 6) is -0.279. The molecule has 0 aromatic heterocycles. The van der Waals surface area contributed by atoms with Crippen molar-refractivity contribution in [2.24, 2.45) is 11.8 Å². The molecule has 1 aromatic rings. The van der Waals surface area contributed by atoms with Crippen LogP contribution in [0.15, 0.2) is 23.1 Å². The van der Waals surface area contributed by atoms with Crippen LogP contribution in [0.2, 0.25) is 0 Å². The predicted octanol–water partition coefficient (Wildman–Crippen LogP) is 0.325. The van der Waals surface area contributed by atoms with Crippen molar-refractivity contribution in [1.82, 2.24) is 9.21 Å². The number of carbonyl (C=O) groups excluding carboxylic acids is 2. The maximum absolute atomic E-state index is 13.0. The summed E-state index contributed by atoms with van der Waals surface area (Å²) in [5.41, 5.74) is 1.80. The van der Waals surface area contributed by atoms with Gasteiger partial charge in [-0.1, -0.05) is 30.5 Å². The van der Waals surface area contributed by atoms with Crippen molar-refractivity contribution in [2.45, 2.75) is 44.4 Å². The van der Waals surface area contributed by atoms with Gasteiger partial charge in [0.15, 0.2) is 6.67 Å². The number of aryl methyl sites for hydroxylation is 2. The van der Waals surface area contributed by atoms with Crippen LogP contribution >= 0.6 is 0 Å². The Morgan fingerprint density at radius 2 is 1.59 bits per heavy atom. The first-order valence-corrected chi connectivity index (χ1v) is 12.0. The number of rotatable bonds is 4. The number of nitrogens with zero attached hydrogens (tertiary/aromatic N) is 2. The molecular formula is C21H30N3O4S+. The number of quaternary nitrogens is 1. The Hall–Kier alpha value is -1.77. The van der Waals surface area contributed by atoms with Gasteiger partial charge < -0.3 is 4.90 Å². The normalized spacial score (nSPS) is 26.8. The molecule has 2 saturated heterocycles. The van der Waals surface area contributed by atoms with Crippen molar-refractivity contribution >= 4 is 21.8 Å². The number of amides is 2. The Kier molecular flexibility index (Phi) is 5.52. The molecule has 0 radical (unpaired) electrons. The Balaban J connectivity index is 1.39. The highest BCUT2D eigenvalue weighted by Gasteiger charge is 2.49. The average Bonchev–Trinajstić information content (AvgIpc) is 2.93. The molecule has 0 bridgehead atoms. The van der Waals surface area contributed by atoms with Crippen LogP contribution in [-0.2, 0) is 19.6 Å². The Morgan fingerprint density at radius 3 is 2.14 bits per heavy atom. The molecule has 3 fully saturated rings. The van der Waals surface area contributed by atoms with Gasteiger partial charge >= 0.3 is 0 Å². The first-order valence-electron chi connectivity index (χ1n) is 10.6. The van der Waals surface area contributed by atoms with E-state index in [1.807, 2.05) is 26.0 Å². The van der Waals surface area contributed by atoms with Crippen molar-refractivity contribution < 1.29 is 22.9 Å². The molecule has 2 heterocycles. The number of piperazine rings is 1. The maximum atomic E-state index is 13.0. The fourth-order valence-electron chi connectivity index (χ4n) is 5.04. The second-order valence-corrected chi connectivity index (χ2v) is 10.6. The van der Waals surface area contributed by atoms with Gasteiger partial charge in [-0.2, -0.15) is 4.31 Å². The van der Waals surface area contributed by atoms with Gasteiger partial charge in [0.05, 0.1) is 42.9 Å². The van der Waals surface area contributed by atoms with Crippen LogP contribution in [-0.4, -0.2) is 62.3 Å². The number of fused-ring (bicyclic) bond motifs is 1. The molecule has 0 spiro atoms. The molecule has 0 unspecified atom stereocenters. The molecule has 158 valence electrons. The van der Waals surface area contributed by atoms with Crippen molar-refractivity contribution in [3.63, 3.8) is 0 Å². The van der Waals surface area contributed by atoms with E-state index >= 15 is 0 Å². The minimum absolute atomic E-state index is 0.0162. The van der Waals surface area contributed by atoms with E-state index in [-0.39, 0.29) is 23.7 Å². The number of nitrogens with one attached hydrogen (secondary N) is 1. The summed E-state index contributed by atoms with van der Waals surface area (Å²) in [4.78, 5) is 28.3. The first-order chi connectivity index (χ1) is 13.8. The third-order valence-electron chi connectivity index (χ3n) is 6.69. The van der Waals surface area contributed by atoms with E-state index in [9.17, 15) is 18.0 Å². The zero-order valence-electron chi connectivity index (χ0n) is 17.2. The van der Waals surface area contributed by atoms with Crippen LogP contribution in [0.3, 0.4) is 0 Å². The first kappa shape index (κ1) is 20.5. The quantitative estimate of drug-likeness (QED) is 0.712. The fraction of sp³-hybridized carbons (Fsp3) is 0.619. The summed E-state index contributed by atoms with van der Waals surface area (Å²) in [6.07, 6.45) is 3.69. The van der Waals surface area contributed by atoms with E-state index in [0.29, 0.717) is 37.7 Å². The number of carbonyl (C=O) groups is 2. The fourth-order valence-corrected chi connectivity index (χ4v) is 6.69. The van der Waals surface area contributed by atoms with Gasteiger partial charge in [0.2, 0.25) is 21.8 Å². The molecule has 1 N–H and O–H groups in total. The number of imide groups is 1. The molecule has 1 aromatic carbocycles. The molecule has 4 rings (SSSR count). The van der Waals surface area contributed by atoms with Gasteiger partial charge in [-0.15, -0.1) is 0 Å².